The van der Waals surface area contributed by atoms with Crippen molar-refractivity contribution >= 4 is 11.6 Å². The number of nitrogens with zero attached hydrogens (tertiary/aromatic N) is 5. The van der Waals surface area contributed by atoms with Crippen molar-refractivity contribution in [2.24, 2.45) is 0 Å². The summed E-state index contributed by atoms with van der Waals surface area (Å²) < 4.78 is 7.70. The largest absolute Gasteiger partial charge is 0.419 e. The number of hydrogen-bond acceptors (Lipinski definition) is 5. The smallest absolute Gasteiger partial charge is 0.270 e. The van der Waals surface area contributed by atoms with E-state index in [2.05, 4.69) is 34.4 Å². The molecule has 0 unspecified atom stereocenters. The molecule has 0 amide bonds. The number of aromatic nitrogens is 5. The summed E-state index contributed by atoms with van der Waals surface area (Å²) in [6.45, 7) is 4.18. The van der Waals surface area contributed by atoms with Crippen molar-refractivity contribution in [3.63, 3.8) is 0 Å². The molecule has 4 aromatic rings. The van der Waals surface area contributed by atoms with Gasteiger partial charge in [0.05, 0.1) is 17.8 Å². The molecule has 7 heteroatoms. The van der Waals surface area contributed by atoms with Crippen LogP contribution in [0.5, 0.6) is 0 Å². The molecular weight excluding hydrogens is 362 g/mol. The van der Waals surface area contributed by atoms with Crippen molar-refractivity contribution in [1.29, 1.82) is 0 Å². The Morgan fingerprint density at radius 3 is 2.41 bits per heavy atom. The zero-order chi connectivity index (χ0) is 18.8. The lowest BCUT2D eigenvalue weighted by Gasteiger charge is -2.09. The molecule has 0 bridgehead atoms. The van der Waals surface area contributed by atoms with Crippen molar-refractivity contribution < 1.29 is 4.42 Å². The molecule has 6 nitrogen and oxygen atoms in total. The Morgan fingerprint density at radius 1 is 0.963 bits per heavy atom. The summed E-state index contributed by atoms with van der Waals surface area (Å²) in [5.74, 6) is 1.09. The molecule has 0 aliphatic rings. The molecule has 0 aliphatic carbocycles. The van der Waals surface area contributed by atoms with E-state index in [1.165, 1.54) is 0 Å². The van der Waals surface area contributed by atoms with E-state index in [4.69, 9.17) is 16.0 Å². The minimum absolute atomic E-state index is 0.182. The van der Waals surface area contributed by atoms with E-state index in [0.717, 1.165) is 16.9 Å². The van der Waals surface area contributed by atoms with Gasteiger partial charge in [-0.1, -0.05) is 61.0 Å². The monoisotopic (exact) mass is 379 g/mol. The summed E-state index contributed by atoms with van der Waals surface area (Å²) in [6.07, 6.45) is 0.536. The summed E-state index contributed by atoms with van der Waals surface area (Å²) in [5.41, 5.74) is 3.54. The first-order chi connectivity index (χ1) is 13.1. The first-order valence-corrected chi connectivity index (χ1v) is 9.08. The van der Waals surface area contributed by atoms with Crippen molar-refractivity contribution in [2.75, 3.05) is 0 Å². The molecule has 2 aromatic heterocycles. The number of para-hydroxylation sites is 1. The Balaban J connectivity index is 1.67. The van der Waals surface area contributed by atoms with E-state index in [1.807, 2.05) is 59.3 Å². The van der Waals surface area contributed by atoms with Crippen LogP contribution < -0.4 is 0 Å². The maximum Gasteiger partial charge on any atom is 0.270 e. The van der Waals surface area contributed by atoms with Crippen LogP contribution in [-0.2, 0) is 6.42 Å². The Morgan fingerprint density at radius 2 is 1.70 bits per heavy atom. The molecule has 0 spiro atoms. The summed E-state index contributed by atoms with van der Waals surface area (Å²) in [5, 5.41) is 17.7. The molecule has 0 aliphatic heterocycles. The van der Waals surface area contributed by atoms with Gasteiger partial charge in [-0.3, -0.25) is 0 Å². The van der Waals surface area contributed by atoms with E-state index < -0.39 is 0 Å². The van der Waals surface area contributed by atoms with Crippen LogP contribution in [0.15, 0.2) is 59.0 Å². The Hall–Kier alpha value is -2.99. The van der Waals surface area contributed by atoms with Gasteiger partial charge in [0.25, 0.3) is 5.89 Å². The molecule has 0 atom stereocenters. The molecule has 2 heterocycles. The van der Waals surface area contributed by atoms with E-state index >= 15 is 0 Å². The second-order valence-electron chi connectivity index (χ2n) is 6.53. The summed E-state index contributed by atoms with van der Waals surface area (Å²) in [6, 6.07) is 17.5. The Bertz CT molecular complexity index is 1040. The van der Waals surface area contributed by atoms with Crippen LogP contribution in [0.1, 0.15) is 36.9 Å². The molecule has 4 rings (SSSR count). The maximum atomic E-state index is 5.93. The SMILES string of the molecule is CC(C)c1c(-c2nnc(Cc3ccc(Cl)cc3)o2)nnn1-c1ccccc1. The summed E-state index contributed by atoms with van der Waals surface area (Å²) >= 11 is 5.93. The minimum Gasteiger partial charge on any atom is -0.419 e. The fourth-order valence-electron chi connectivity index (χ4n) is 2.92. The zero-order valence-corrected chi connectivity index (χ0v) is 15.8. The third kappa shape index (κ3) is 3.61. The Kier molecular flexibility index (Phi) is 4.73. The van der Waals surface area contributed by atoms with Gasteiger partial charge in [-0.05, 0) is 35.7 Å². The lowest BCUT2D eigenvalue weighted by Crippen LogP contribution is -2.04. The molecule has 0 saturated heterocycles. The molecule has 0 fully saturated rings. The van der Waals surface area contributed by atoms with Gasteiger partial charge in [0.1, 0.15) is 0 Å². The number of hydrogen-bond donors (Lipinski definition) is 0. The Labute approximate surface area is 161 Å². The fourth-order valence-corrected chi connectivity index (χ4v) is 3.04. The third-order valence-corrected chi connectivity index (χ3v) is 4.44. The minimum atomic E-state index is 0.182. The van der Waals surface area contributed by atoms with Crippen LogP contribution in [0.2, 0.25) is 5.02 Å². The van der Waals surface area contributed by atoms with Gasteiger partial charge in [0.2, 0.25) is 5.89 Å². The number of halogens is 1. The first kappa shape index (κ1) is 17.4. The van der Waals surface area contributed by atoms with Gasteiger partial charge in [0.15, 0.2) is 5.69 Å². The molecule has 2 aromatic carbocycles. The highest BCUT2D eigenvalue weighted by molar-refractivity contribution is 6.30. The van der Waals surface area contributed by atoms with Gasteiger partial charge < -0.3 is 4.42 Å². The second kappa shape index (κ2) is 7.32. The van der Waals surface area contributed by atoms with E-state index in [9.17, 15) is 0 Å². The van der Waals surface area contributed by atoms with E-state index in [-0.39, 0.29) is 5.92 Å². The molecular formula is C20H18ClN5O. The van der Waals surface area contributed by atoms with E-state index in [0.29, 0.717) is 28.9 Å². The lowest BCUT2D eigenvalue weighted by molar-refractivity contribution is 0.515. The molecule has 0 N–H and O–H groups in total. The van der Waals surface area contributed by atoms with Crippen LogP contribution in [-0.4, -0.2) is 25.2 Å². The summed E-state index contributed by atoms with van der Waals surface area (Å²) in [7, 11) is 0. The van der Waals surface area contributed by atoms with Crippen molar-refractivity contribution in [3.8, 4) is 17.3 Å². The standard InChI is InChI=1S/C20H18ClN5O/c1-13(2)19-18(23-25-26(19)16-6-4-3-5-7-16)20-24-22-17(27-20)12-14-8-10-15(21)11-9-14/h3-11,13H,12H2,1-2H3. The van der Waals surface area contributed by atoms with Crippen LogP contribution in [0.4, 0.5) is 0 Å². The lowest BCUT2D eigenvalue weighted by atomic mass is 10.1. The van der Waals surface area contributed by atoms with Crippen molar-refractivity contribution in [1.82, 2.24) is 25.2 Å². The maximum absolute atomic E-state index is 5.93. The quantitative estimate of drug-likeness (QED) is 0.503. The predicted molar refractivity (Wildman–Crippen MR) is 103 cm³/mol. The number of benzene rings is 2. The zero-order valence-electron chi connectivity index (χ0n) is 15.0. The van der Waals surface area contributed by atoms with Gasteiger partial charge in [-0.15, -0.1) is 15.3 Å². The van der Waals surface area contributed by atoms with Crippen LogP contribution in [0.25, 0.3) is 17.3 Å². The first-order valence-electron chi connectivity index (χ1n) is 8.70. The average Bonchev–Trinajstić information content (AvgIpc) is 3.31. The van der Waals surface area contributed by atoms with Crippen LogP contribution in [0, 0.1) is 0 Å². The predicted octanol–water partition coefficient (Wildman–Crippen LogP) is 4.68. The van der Waals surface area contributed by atoms with Crippen LogP contribution in [0.3, 0.4) is 0 Å². The summed E-state index contributed by atoms with van der Waals surface area (Å²) in [4.78, 5) is 0. The molecule has 27 heavy (non-hydrogen) atoms. The normalized spacial score (nSPS) is 11.3. The van der Waals surface area contributed by atoms with Crippen LogP contribution >= 0.6 is 11.6 Å². The highest BCUT2D eigenvalue weighted by atomic mass is 35.5. The average molecular weight is 380 g/mol. The molecule has 0 saturated carbocycles. The topological polar surface area (TPSA) is 69.6 Å². The third-order valence-electron chi connectivity index (χ3n) is 4.19. The van der Waals surface area contributed by atoms with Gasteiger partial charge in [-0.25, -0.2) is 4.68 Å². The fraction of sp³-hybridized carbons (Fsp3) is 0.200. The van der Waals surface area contributed by atoms with Gasteiger partial charge in [0, 0.05) is 5.02 Å². The van der Waals surface area contributed by atoms with E-state index in [1.54, 1.807) is 0 Å². The van der Waals surface area contributed by atoms with Crippen molar-refractivity contribution in [3.05, 3.63) is 76.8 Å². The molecule has 136 valence electrons. The second-order valence-corrected chi connectivity index (χ2v) is 6.97. The van der Waals surface area contributed by atoms with Gasteiger partial charge in [-0.2, -0.15) is 0 Å². The highest BCUT2D eigenvalue weighted by Gasteiger charge is 2.23. The van der Waals surface area contributed by atoms with Crippen molar-refractivity contribution in [2.45, 2.75) is 26.2 Å². The molecule has 0 radical (unpaired) electrons. The van der Waals surface area contributed by atoms with Gasteiger partial charge >= 0.3 is 0 Å². The highest BCUT2D eigenvalue weighted by Crippen LogP contribution is 2.28. The number of rotatable bonds is 5.